The fourth-order valence-electron chi connectivity index (χ4n) is 1.80. The Morgan fingerprint density at radius 2 is 2.00 bits per heavy atom. The zero-order chi connectivity index (χ0) is 12.1. The lowest BCUT2D eigenvalue weighted by Crippen LogP contribution is -2.17. The SMILES string of the molecule is COc1ccc(CC(C)Nc2ccsc2)cc1. The van der Waals surface area contributed by atoms with Crippen LogP contribution in [0.15, 0.2) is 41.1 Å². The van der Waals surface area contributed by atoms with Gasteiger partial charge in [0.05, 0.1) is 7.11 Å². The number of hydrogen-bond donors (Lipinski definition) is 1. The van der Waals surface area contributed by atoms with Crippen molar-refractivity contribution in [3.05, 3.63) is 46.7 Å². The third kappa shape index (κ3) is 3.49. The second-order valence-corrected chi connectivity index (χ2v) is 4.89. The number of hydrogen-bond acceptors (Lipinski definition) is 3. The van der Waals surface area contributed by atoms with E-state index < -0.39 is 0 Å². The Balaban J connectivity index is 1.91. The first-order valence-electron chi connectivity index (χ1n) is 5.69. The number of nitrogens with one attached hydrogen (secondary N) is 1. The van der Waals surface area contributed by atoms with E-state index in [9.17, 15) is 0 Å². The molecule has 0 aliphatic heterocycles. The smallest absolute Gasteiger partial charge is 0.118 e. The first-order chi connectivity index (χ1) is 8.28. The van der Waals surface area contributed by atoms with Crippen molar-refractivity contribution in [1.82, 2.24) is 0 Å². The lowest BCUT2D eigenvalue weighted by atomic mass is 10.1. The molecule has 0 fully saturated rings. The molecule has 0 amide bonds. The predicted octanol–water partition coefficient (Wildman–Crippen LogP) is 3.80. The summed E-state index contributed by atoms with van der Waals surface area (Å²) in [7, 11) is 1.69. The van der Waals surface area contributed by atoms with Crippen LogP contribution in [0.4, 0.5) is 5.69 Å². The van der Waals surface area contributed by atoms with Gasteiger partial charge in [-0.25, -0.2) is 0 Å². The topological polar surface area (TPSA) is 21.3 Å². The molecule has 0 aliphatic rings. The molecule has 3 heteroatoms. The molecule has 1 unspecified atom stereocenters. The molecular weight excluding hydrogens is 230 g/mol. The zero-order valence-corrected chi connectivity index (χ0v) is 11.0. The van der Waals surface area contributed by atoms with E-state index in [0.29, 0.717) is 6.04 Å². The molecular formula is C14H17NOS. The predicted molar refractivity (Wildman–Crippen MR) is 74.1 cm³/mol. The summed E-state index contributed by atoms with van der Waals surface area (Å²) in [6.45, 7) is 2.20. The molecule has 1 heterocycles. The van der Waals surface area contributed by atoms with Crippen molar-refractivity contribution < 1.29 is 4.74 Å². The maximum Gasteiger partial charge on any atom is 0.118 e. The number of methoxy groups -OCH3 is 1. The molecule has 1 aromatic heterocycles. The van der Waals surface area contributed by atoms with Crippen molar-refractivity contribution >= 4 is 17.0 Å². The van der Waals surface area contributed by atoms with E-state index in [4.69, 9.17) is 4.74 Å². The van der Waals surface area contributed by atoms with Crippen LogP contribution in [-0.2, 0) is 6.42 Å². The minimum atomic E-state index is 0.429. The number of benzene rings is 1. The van der Waals surface area contributed by atoms with Gasteiger partial charge >= 0.3 is 0 Å². The van der Waals surface area contributed by atoms with Gasteiger partial charge in [0.1, 0.15) is 5.75 Å². The molecule has 90 valence electrons. The van der Waals surface area contributed by atoms with Crippen LogP contribution >= 0.6 is 11.3 Å². The number of rotatable bonds is 5. The van der Waals surface area contributed by atoms with Gasteiger partial charge in [-0.15, -0.1) is 0 Å². The zero-order valence-electron chi connectivity index (χ0n) is 10.1. The van der Waals surface area contributed by atoms with Gasteiger partial charge in [0.15, 0.2) is 0 Å². The van der Waals surface area contributed by atoms with Crippen LogP contribution in [0.2, 0.25) is 0 Å². The average molecular weight is 247 g/mol. The summed E-state index contributed by atoms with van der Waals surface area (Å²) in [5.74, 6) is 0.909. The molecule has 1 N–H and O–H groups in total. The molecule has 1 aromatic carbocycles. The Morgan fingerprint density at radius 3 is 2.59 bits per heavy atom. The number of anilines is 1. The van der Waals surface area contributed by atoms with E-state index in [1.54, 1.807) is 18.4 Å². The quantitative estimate of drug-likeness (QED) is 0.867. The highest BCUT2D eigenvalue weighted by Crippen LogP contribution is 2.16. The van der Waals surface area contributed by atoms with Crippen LogP contribution in [0.5, 0.6) is 5.75 Å². The van der Waals surface area contributed by atoms with Crippen molar-refractivity contribution in [2.75, 3.05) is 12.4 Å². The first-order valence-corrected chi connectivity index (χ1v) is 6.64. The third-order valence-electron chi connectivity index (χ3n) is 2.64. The Bertz CT molecular complexity index is 436. The van der Waals surface area contributed by atoms with Crippen molar-refractivity contribution in [1.29, 1.82) is 0 Å². The fraction of sp³-hybridized carbons (Fsp3) is 0.286. The van der Waals surface area contributed by atoms with E-state index in [1.807, 2.05) is 12.1 Å². The molecule has 1 atom stereocenters. The summed E-state index contributed by atoms with van der Waals surface area (Å²) in [6.07, 6.45) is 1.01. The fourth-order valence-corrected chi connectivity index (χ4v) is 2.39. The Kier molecular flexibility index (Phi) is 4.04. The van der Waals surface area contributed by atoms with Crippen molar-refractivity contribution in [2.24, 2.45) is 0 Å². The summed E-state index contributed by atoms with van der Waals surface area (Å²) < 4.78 is 5.15. The van der Waals surface area contributed by atoms with Gasteiger partial charge in [-0.1, -0.05) is 12.1 Å². The lowest BCUT2D eigenvalue weighted by molar-refractivity contribution is 0.414. The van der Waals surface area contributed by atoms with Gasteiger partial charge in [0, 0.05) is 17.1 Å². The van der Waals surface area contributed by atoms with Gasteiger partial charge in [-0.2, -0.15) is 11.3 Å². The van der Waals surface area contributed by atoms with Gasteiger partial charge in [0.25, 0.3) is 0 Å². The van der Waals surface area contributed by atoms with Crippen LogP contribution < -0.4 is 10.1 Å². The summed E-state index contributed by atoms with van der Waals surface area (Å²) in [6, 6.07) is 10.8. The van der Waals surface area contributed by atoms with E-state index in [2.05, 4.69) is 41.2 Å². The van der Waals surface area contributed by atoms with Gasteiger partial charge in [0.2, 0.25) is 0 Å². The molecule has 2 aromatic rings. The van der Waals surface area contributed by atoms with E-state index >= 15 is 0 Å². The standard InChI is InChI=1S/C14H17NOS/c1-11(15-13-7-8-17-10-13)9-12-3-5-14(16-2)6-4-12/h3-8,10-11,15H,9H2,1-2H3. The van der Waals surface area contributed by atoms with E-state index in [-0.39, 0.29) is 0 Å². The van der Waals surface area contributed by atoms with Crippen LogP contribution in [0.25, 0.3) is 0 Å². The molecule has 17 heavy (non-hydrogen) atoms. The number of ether oxygens (including phenoxy) is 1. The highest BCUT2D eigenvalue weighted by molar-refractivity contribution is 7.08. The van der Waals surface area contributed by atoms with Crippen LogP contribution in [-0.4, -0.2) is 13.2 Å². The monoisotopic (exact) mass is 247 g/mol. The largest absolute Gasteiger partial charge is 0.497 e. The normalized spacial score (nSPS) is 12.1. The maximum absolute atomic E-state index is 5.15. The van der Waals surface area contributed by atoms with Gasteiger partial charge in [-0.05, 0) is 42.5 Å². The molecule has 0 bridgehead atoms. The lowest BCUT2D eigenvalue weighted by Gasteiger charge is -2.14. The van der Waals surface area contributed by atoms with Crippen LogP contribution in [0, 0.1) is 0 Å². The van der Waals surface area contributed by atoms with Crippen LogP contribution in [0.3, 0.4) is 0 Å². The number of thiophene rings is 1. The Hall–Kier alpha value is -1.48. The second-order valence-electron chi connectivity index (χ2n) is 4.11. The molecule has 2 nitrogen and oxygen atoms in total. The van der Waals surface area contributed by atoms with Gasteiger partial charge < -0.3 is 10.1 Å². The third-order valence-corrected chi connectivity index (χ3v) is 3.32. The molecule has 0 spiro atoms. The second kappa shape index (κ2) is 5.73. The first kappa shape index (κ1) is 12.0. The summed E-state index contributed by atoms with van der Waals surface area (Å²) in [5, 5.41) is 7.69. The summed E-state index contributed by atoms with van der Waals surface area (Å²) in [5.41, 5.74) is 2.53. The molecule has 0 saturated carbocycles. The van der Waals surface area contributed by atoms with E-state index in [0.717, 1.165) is 12.2 Å². The maximum atomic E-state index is 5.15. The Morgan fingerprint density at radius 1 is 1.24 bits per heavy atom. The molecule has 0 aliphatic carbocycles. The molecule has 0 saturated heterocycles. The summed E-state index contributed by atoms with van der Waals surface area (Å²) in [4.78, 5) is 0. The molecule has 0 radical (unpaired) electrons. The van der Waals surface area contributed by atoms with Gasteiger partial charge in [-0.3, -0.25) is 0 Å². The minimum Gasteiger partial charge on any atom is -0.497 e. The highest BCUT2D eigenvalue weighted by atomic mass is 32.1. The highest BCUT2D eigenvalue weighted by Gasteiger charge is 2.04. The van der Waals surface area contributed by atoms with E-state index in [1.165, 1.54) is 11.3 Å². The van der Waals surface area contributed by atoms with Crippen molar-refractivity contribution in [3.8, 4) is 5.75 Å². The van der Waals surface area contributed by atoms with Crippen LogP contribution in [0.1, 0.15) is 12.5 Å². The molecule has 2 rings (SSSR count). The summed E-state index contributed by atoms with van der Waals surface area (Å²) >= 11 is 1.71. The minimum absolute atomic E-state index is 0.429. The average Bonchev–Trinajstić information content (AvgIpc) is 2.82. The van der Waals surface area contributed by atoms with Crippen molar-refractivity contribution in [3.63, 3.8) is 0 Å². The van der Waals surface area contributed by atoms with Crippen molar-refractivity contribution in [2.45, 2.75) is 19.4 Å². The Labute approximate surface area is 106 Å².